The molecular formula is C13H18F3N3S. The zero-order chi connectivity index (χ0) is 15.5. The fourth-order valence-electron chi connectivity index (χ4n) is 1.70. The lowest BCUT2D eigenvalue weighted by molar-refractivity contribution is -0.137. The van der Waals surface area contributed by atoms with E-state index in [0.29, 0.717) is 12.2 Å². The van der Waals surface area contributed by atoms with E-state index in [9.17, 15) is 13.2 Å². The molecule has 0 aliphatic rings. The maximum absolute atomic E-state index is 12.9. The highest BCUT2D eigenvalue weighted by Crippen LogP contribution is 2.33. The quantitative estimate of drug-likeness (QED) is 0.846. The van der Waals surface area contributed by atoms with Crippen molar-refractivity contribution >= 4 is 22.9 Å². The van der Waals surface area contributed by atoms with Gasteiger partial charge in [-0.15, -0.1) is 0 Å². The number of nitrogens with zero attached hydrogens (tertiary/aromatic N) is 2. The second kappa shape index (κ2) is 6.41. The Labute approximate surface area is 122 Å². The average molecular weight is 305 g/mol. The molecule has 0 bridgehead atoms. The Morgan fingerprint density at radius 1 is 1.20 bits per heavy atom. The Balaban J connectivity index is 3.08. The summed E-state index contributed by atoms with van der Waals surface area (Å²) in [6.07, 6.45) is -4.46. The van der Waals surface area contributed by atoms with Crippen molar-refractivity contribution in [3.8, 4) is 0 Å². The minimum Gasteiger partial charge on any atom is -0.389 e. The summed E-state index contributed by atoms with van der Waals surface area (Å²) in [7, 11) is 5.68. The number of thiocarbonyl (C=S) groups is 1. The third-order valence-corrected chi connectivity index (χ3v) is 3.12. The lowest BCUT2D eigenvalue weighted by Crippen LogP contribution is -2.29. The van der Waals surface area contributed by atoms with Gasteiger partial charge in [0.1, 0.15) is 4.99 Å². The van der Waals surface area contributed by atoms with Crippen LogP contribution in [0.4, 0.5) is 18.9 Å². The Morgan fingerprint density at radius 2 is 1.80 bits per heavy atom. The van der Waals surface area contributed by atoms with Gasteiger partial charge in [0.25, 0.3) is 0 Å². The van der Waals surface area contributed by atoms with Crippen LogP contribution in [0.3, 0.4) is 0 Å². The lowest BCUT2D eigenvalue weighted by atomic mass is 10.1. The van der Waals surface area contributed by atoms with Gasteiger partial charge in [0.2, 0.25) is 0 Å². The van der Waals surface area contributed by atoms with Crippen molar-refractivity contribution in [2.24, 2.45) is 5.73 Å². The van der Waals surface area contributed by atoms with E-state index < -0.39 is 11.7 Å². The molecule has 1 aromatic carbocycles. The monoisotopic (exact) mass is 305 g/mol. The van der Waals surface area contributed by atoms with Crippen molar-refractivity contribution in [1.29, 1.82) is 0 Å². The molecule has 0 saturated carbocycles. The van der Waals surface area contributed by atoms with Crippen molar-refractivity contribution in [3.63, 3.8) is 0 Å². The first-order valence-corrected chi connectivity index (χ1v) is 6.40. The third kappa shape index (κ3) is 4.35. The number of benzene rings is 1. The van der Waals surface area contributed by atoms with E-state index in [1.165, 1.54) is 12.1 Å². The highest BCUT2D eigenvalue weighted by molar-refractivity contribution is 7.80. The first-order chi connectivity index (χ1) is 9.12. The molecule has 2 N–H and O–H groups in total. The van der Waals surface area contributed by atoms with Crippen LogP contribution >= 0.6 is 12.2 Å². The molecule has 112 valence electrons. The summed E-state index contributed by atoms with van der Waals surface area (Å²) in [6.45, 7) is 1.48. The number of alkyl halides is 3. The normalized spacial score (nSPS) is 11.8. The Hall–Kier alpha value is -1.34. The summed E-state index contributed by atoms with van der Waals surface area (Å²) in [5, 5.41) is 0. The van der Waals surface area contributed by atoms with E-state index in [-0.39, 0.29) is 10.6 Å². The van der Waals surface area contributed by atoms with Gasteiger partial charge >= 0.3 is 6.18 Å². The molecule has 1 aromatic rings. The van der Waals surface area contributed by atoms with Gasteiger partial charge in [-0.1, -0.05) is 12.2 Å². The first-order valence-electron chi connectivity index (χ1n) is 6.00. The van der Waals surface area contributed by atoms with Crippen LogP contribution in [-0.2, 0) is 6.18 Å². The minimum absolute atomic E-state index is 0.137. The summed E-state index contributed by atoms with van der Waals surface area (Å²) in [6, 6.07) is 3.84. The van der Waals surface area contributed by atoms with E-state index in [0.717, 1.165) is 12.6 Å². The second-order valence-corrected chi connectivity index (χ2v) is 5.26. The topological polar surface area (TPSA) is 32.5 Å². The van der Waals surface area contributed by atoms with Crippen LogP contribution in [0.1, 0.15) is 11.1 Å². The van der Waals surface area contributed by atoms with Gasteiger partial charge in [-0.3, -0.25) is 0 Å². The number of rotatable bonds is 5. The number of hydrogen-bond donors (Lipinski definition) is 1. The van der Waals surface area contributed by atoms with Gasteiger partial charge in [-0.05, 0) is 32.3 Å². The van der Waals surface area contributed by atoms with Gasteiger partial charge in [0.05, 0.1) is 5.56 Å². The zero-order valence-corrected chi connectivity index (χ0v) is 12.5. The van der Waals surface area contributed by atoms with Crippen molar-refractivity contribution in [2.45, 2.75) is 6.18 Å². The van der Waals surface area contributed by atoms with Crippen molar-refractivity contribution in [1.82, 2.24) is 4.90 Å². The van der Waals surface area contributed by atoms with Crippen LogP contribution in [0.2, 0.25) is 0 Å². The smallest absolute Gasteiger partial charge is 0.389 e. The second-order valence-electron chi connectivity index (χ2n) is 4.82. The fraction of sp³-hybridized carbons (Fsp3) is 0.462. The number of anilines is 1. The van der Waals surface area contributed by atoms with Crippen LogP contribution in [0.25, 0.3) is 0 Å². The zero-order valence-electron chi connectivity index (χ0n) is 11.7. The van der Waals surface area contributed by atoms with Gasteiger partial charge in [-0.2, -0.15) is 13.2 Å². The largest absolute Gasteiger partial charge is 0.417 e. The fourth-order valence-corrected chi connectivity index (χ4v) is 1.87. The molecule has 20 heavy (non-hydrogen) atoms. The van der Waals surface area contributed by atoms with Crippen LogP contribution in [0, 0.1) is 0 Å². The van der Waals surface area contributed by atoms with E-state index in [2.05, 4.69) is 0 Å². The minimum atomic E-state index is -4.46. The standard InChI is InChI=1S/C13H18F3N3S/c1-18(2)6-7-19(3)9-4-5-11(13(14,15)16)10(8-9)12(17)20/h4-5,8H,6-7H2,1-3H3,(H2,17,20). The maximum Gasteiger partial charge on any atom is 0.417 e. The SMILES string of the molecule is CN(C)CCN(C)c1ccc(C(F)(F)F)c(C(N)=S)c1. The summed E-state index contributed by atoms with van der Waals surface area (Å²) >= 11 is 4.72. The van der Waals surface area contributed by atoms with E-state index in [1.807, 2.05) is 30.9 Å². The first kappa shape index (κ1) is 16.7. The van der Waals surface area contributed by atoms with Gasteiger partial charge < -0.3 is 15.5 Å². The van der Waals surface area contributed by atoms with E-state index >= 15 is 0 Å². The molecule has 0 atom stereocenters. The molecule has 0 aliphatic carbocycles. The highest BCUT2D eigenvalue weighted by atomic mass is 32.1. The van der Waals surface area contributed by atoms with Crippen molar-refractivity contribution in [2.75, 3.05) is 39.1 Å². The molecule has 0 fully saturated rings. The molecule has 0 spiro atoms. The van der Waals surface area contributed by atoms with Crippen molar-refractivity contribution < 1.29 is 13.2 Å². The molecule has 3 nitrogen and oxygen atoms in total. The van der Waals surface area contributed by atoms with Crippen LogP contribution in [0.15, 0.2) is 18.2 Å². The van der Waals surface area contributed by atoms with E-state index in [4.69, 9.17) is 18.0 Å². The van der Waals surface area contributed by atoms with Crippen molar-refractivity contribution in [3.05, 3.63) is 29.3 Å². The molecule has 1 rings (SSSR count). The average Bonchev–Trinajstić information content (AvgIpc) is 2.33. The lowest BCUT2D eigenvalue weighted by Gasteiger charge is -2.23. The Bertz CT molecular complexity index is 486. The summed E-state index contributed by atoms with van der Waals surface area (Å²) in [4.78, 5) is 3.61. The van der Waals surface area contributed by atoms with Crippen LogP contribution in [-0.4, -0.2) is 44.1 Å². The highest BCUT2D eigenvalue weighted by Gasteiger charge is 2.34. The number of halogens is 3. The molecule has 0 aromatic heterocycles. The number of likely N-dealkylation sites (N-methyl/N-ethyl adjacent to an activating group) is 2. The predicted molar refractivity (Wildman–Crippen MR) is 79.2 cm³/mol. The number of nitrogens with two attached hydrogens (primary N) is 1. The maximum atomic E-state index is 12.9. The van der Waals surface area contributed by atoms with Crippen LogP contribution < -0.4 is 10.6 Å². The van der Waals surface area contributed by atoms with E-state index in [1.54, 1.807) is 0 Å². The molecule has 0 unspecified atom stereocenters. The van der Waals surface area contributed by atoms with Gasteiger partial charge in [0, 0.05) is 31.4 Å². The van der Waals surface area contributed by atoms with Gasteiger partial charge in [0.15, 0.2) is 0 Å². The van der Waals surface area contributed by atoms with Crippen LogP contribution in [0.5, 0.6) is 0 Å². The molecule has 7 heteroatoms. The number of hydrogen-bond acceptors (Lipinski definition) is 3. The summed E-state index contributed by atoms with van der Waals surface area (Å²) in [5.41, 5.74) is 5.13. The molecular weight excluding hydrogens is 287 g/mol. The Kier molecular flexibility index (Phi) is 5.35. The molecule has 0 radical (unpaired) electrons. The Morgan fingerprint density at radius 3 is 2.25 bits per heavy atom. The third-order valence-electron chi connectivity index (χ3n) is 2.90. The molecule has 0 amide bonds. The summed E-state index contributed by atoms with van der Waals surface area (Å²) in [5.74, 6) is 0. The molecule has 0 aliphatic heterocycles. The van der Waals surface area contributed by atoms with Gasteiger partial charge in [-0.25, -0.2) is 0 Å². The summed E-state index contributed by atoms with van der Waals surface area (Å²) < 4.78 is 38.6. The molecule has 0 saturated heterocycles. The molecule has 0 heterocycles. The predicted octanol–water partition coefficient (Wildman–Crippen LogP) is 2.34.